The van der Waals surface area contributed by atoms with Gasteiger partial charge in [-0.05, 0) is 43.0 Å². The van der Waals surface area contributed by atoms with Gasteiger partial charge in [0, 0.05) is 17.3 Å². The Morgan fingerprint density at radius 3 is 2.30 bits per heavy atom. The van der Waals surface area contributed by atoms with Gasteiger partial charge in [-0.1, -0.05) is 70.5 Å². The monoisotopic (exact) mass is 456 g/mol. The van der Waals surface area contributed by atoms with E-state index in [1.54, 1.807) is 12.1 Å². The summed E-state index contributed by atoms with van der Waals surface area (Å²) in [7, 11) is 1.62. The van der Waals surface area contributed by atoms with Crippen LogP contribution in [-0.2, 0) is 4.79 Å². The van der Waals surface area contributed by atoms with Crippen molar-refractivity contribution >= 4 is 18.2 Å². The molecule has 2 rings (SSSR count). The highest BCUT2D eigenvalue weighted by Gasteiger charge is 2.10. The van der Waals surface area contributed by atoms with Crippen molar-refractivity contribution in [2.45, 2.75) is 54.4 Å². The van der Waals surface area contributed by atoms with Crippen LogP contribution >= 0.6 is 0 Å². The molecule has 0 aliphatic heterocycles. The lowest BCUT2D eigenvalue weighted by Gasteiger charge is -2.19. The third kappa shape index (κ3) is 13.6. The minimum atomic E-state index is 0.250. The van der Waals surface area contributed by atoms with Crippen LogP contribution < -0.4 is 20.2 Å². The van der Waals surface area contributed by atoms with Crippen LogP contribution in [0.15, 0.2) is 59.5 Å². The highest BCUT2D eigenvalue weighted by Crippen LogP contribution is 2.27. The first-order valence-corrected chi connectivity index (χ1v) is 11.0. The average molecular weight is 457 g/mol. The molecule has 0 atom stereocenters. The normalized spacial score (nSPS) is 10.6. The van der Waals surface area contributed by atoms with Gasteiger partial charge in [0.1, 0.15) is 11.5 Å². The zero-order chi connectivity index (χ0) is 25.3. The second-order valence-corrected chi connectivity index (χ2v) is 8.77. The fourth-order valence-corrected chi connectivity index (χ4v) is 2.43. The summed E-state index contributed by atoms with van der Waals surface area (Å²) < 4.78 is 11.1. The molecule has 0 unspecified atom stereocenters. The molecule has 0 aliphatic carbocycles. The second-order valence-electron chi connectivity index (χ2n) is 8.77. The number of amides is 1. The molecule has 0 heterocycles. The Labute approximate surface area is 199 Å². The Balaban J connectivity index is 0.00000111. The van der Waals surface area contributed by atoms with Crippen molar-refractivity contribution in [2.24, 2.45) is 16.4 Å². The molecular weight excluding hydrogens is 416 g/mol. The number of rotatable bonds is 9. The zero-order valence-electron chi connectivity index (χ0n) is 21.1. The maximum absolute atomic E-state index is 8.58. The number of nitrogens with zero attached hydrogens (tertiary/aromatic N) is 2. The van der Waals surface area contributed by atoms with Gasteiger partial charge < -0.3 is 15.2 Å². The number of ether oxygens (including phenoxy) is 2. The standard InChI is InChI=1S/C20H25N3O2.C5H12.CH3NO/c1-4-5-13-25-20-12-7-6-9-17(20)14-16(2)23(22-21)18-10-8-11-19(15-18)24-3;1-5(2,3)4;2-1-3/h6-12,14-15,21H,4-5,13H2,1-3H3;1-4H3;1H,(H2,2,3)/b16-14+,22-21?;;. The third-order valence-electron chi connectivity index (χ3n) is 3.77. The molecule has 2 aromatic rings. The number of para-hydroxylation sites is 1. The van der Waals surface area contributed by atoms with Gasteiger partial charge in [0.2, 0.25) is 6.41 Å². The minimum absolute atomic E-state index is 0.250. The molecule has 0 aliphatic rings. The van der Waals surface area contributed by atoms with Crippen molar-refractivity contribution in [3.8, 4) is 11.5 Å². The average Bonchev–Trinajstić information content (AvgIpc) is 2.75. The van der Waals surface area contributed by atoms with E-state index in [4.69, 9.17) is 19.8 Å². The first kappa shape index (κ1) is 29.7. The molecule has 7 nitrogen and oxygen atoms in total. The summed E-state index contributed by atoms with van der Waals surface area (Å²) in [4.78, 5) is 8.58. The number of hydrogen-bond acceptors (Lipinski definition) is 5. The topological polar surface area (TPSA) is 101 Å². The van der Waals surface area contributed by atoms with Gasteiger partial charge in [-0.25, -0.2) is 5.01 Å². The largest absolute Gasteiger partial charge is 0.497 e. The summed E-state index contributed by atoms with van der Waals surface area (Å²) in [5, 5.41) is 5.21. The molecule has 0 aromatic heterocycles. The molecular formula is C26H40N4O3. The van der Waals surface area contributed by atoms with Gasteiger partial charge in [-0.2, -0.15) is 5.53 Å². The maximum Gasteiger partial charge on any atom is 0.204 e. The minimum Gasteiger partial charge on any atom is -0.497 e. The summed E-state index contributed by atoms with van der Waals surface area (Å²) >= 11 is 0. The number of allylic oxidation sites excluding steroid dienone is 1. The van der Waals surface area contributed by atoms with Gasteiger partial charge in [0.15, 0.2) is 0 Å². The third-order valence-corrected chi connectivity index (χ3v) is 3.77. The van der Waals surface area contributed by atoms with Crippen molar-refractivity contribution in [1.29, 1.82) is 5.53 Å². The van der Waals surface area contributed by atoms with E-state index in [9.17, 15) is 0 Å². The molecule has 0 saturated carbocycles. The lowest BCUT2D eigenvalue weighted by Crippen LogP contribution is -2.12. The van der Waals surface area contributed by atoms with E-state index in [0.29, 0.717) is 12.0 Å². The molecule has 0 fully saturated rings. The van der Waals surface area contributed by atoms with Crippen LogP contribution in [0.5, 0.6) is 11.5 Å². The summed E-state index contributed by atoms with van der Waals surface area (Å²) in [5.41, 5.74) is 14.8. The van der Waals surface area contributed by atoms with Crippen molar-refractivity contribution in [2.75, 3.05) is 18.7 Å². The number of nitrogens with two attached hydrogens (primary N) is 1. The molecule has 0 bridgehead atoms. The fourth-order valence-electron chi connectivity index (χ4n) is 2.43. The van der Waals surface area contributed by atoms with Crippen LogP contribution in [-0.4, -0.2) is 20.1 Å². The summed E-state index contributed by atoms with van der Waals surface area (Å²) in [5.74, 6) is 1.56. The maximum atomic E-state index is 8.58. The van der Waals surface area contributed by atoms with Crippen LogP contribution in [0, 0.1) is 10.9 Å². The van der Waals surface area contributed by atoms with Crippen molar-refractivity contribution in [3.05, 3.63) is 59.8 Å². The smallest absolute Gasteiger partial charge is 0.204 e. The Hall–Kier alpha value is -3.35. The van der Waals surface area contributed by atoms with Gasteiger partial charge in [0.25, 0.3) is 0 Å². The highest BCUT2D eigenvalue weighted by molar-refractivity contribution is 5.65. The van der Waals surface area contributed by atoms with Crippen LogP contribution in [0.1, 0.15) is 59.9 Å². The number of unbranched alkanes of at least 4 members (excludes halogenated alkanes) is 1. The predicted molar refractivity (Wildman–Crippen MR) is 136 cm³/mol. The molecule has 182 valence electrons. The Bertz CT molecular complexity index is 855. The van der Waals surface area contributed by atoms with E-state index in [0.717, 1.165) is 41.3 Å². The molecule has 1 amide bonds. The van der Waals surface area contributed by atoms with Crippen LogP contribution in [0.2, 0.25) is 0 Å². The lowest BCUT2D eigenvalue weighted by atomic mass is 10.0. The van der Waals surface area contributed by atoms with E-state index < -0.39 is 0 Å². The van der Waals surface area contributed by atoms with Gasteiger partial charge >= 0.3 is 0 Å². The van der Waals surface area contributed by atoms with E-state index in [1.165, 1.54) is 0 Å². The molecule has 7 heteroatoms. The van der Waals surface area contributed by atoms with Gasteiger partial charge in [0.05, 0.1) is 19.4 Å². The number of anilines is 1. The van der Waals surface area contributed by atoms with Crippen LogP contribution in [0.25, 0.3) is 6.08 Å². The van der Waals surface area contributed by atoms with E-state index >= 15 is 0 Å². The zero-order valence-corrected chi connectivity index (χ0v) is 21.1. The Kier molecular flexibility index (Phi) is 14.7. The van der Waals surface area contributed by atoms with Crippen molar-refractivity contribution in [1.82, 2.24) is 0 Å². The number of primary amides is 1. The first-order valence-electron chi connectivity index (χ1n) is 11.0. The van der Waals surface area contributed by atoms with Crippen LogP contribution in [0.3, 0.4) is 0 Å². The van der Waals surface area contributed by atoms with Crippen molar-refractivity contribution < 1.29 is 14.3 Å². The molecule has 0 spiro atoms. The lowest BCUT2D eigenvalue weighted by molar-refractivity contribution is -0.106. The summed E-state index contributed by atoms with van der Waals surface area (Å²) in [6.45, 7) is 13.5. The molecule has 3 N–H and O–H groups in total. The van der Waals surface area contributed by atoms with Crippen LogP contribution in [0.4, 0.5) is 5.69 Å². The Morgan fingerprint density at radius 2 is 1.76 bits per heavy atom. The van der Waals surface area contributed by atoms with Gasteiger partial charge in [-0.15, -0.1) is 0 Å². The SMILES string of the molecule is CC(C)(C)C.CCCCOc1ccccc1/C=C(\C)N(N=N)c1cccc(OC)c1.NC=O. The number of carbonyl (C=O) groups is 1. The van der Waals surface area contributed by atoms with E-state index in [-0.39, 0.29) is 6.41 Å². The number of methoxy groups -OCH3 is 1. The summed E-state index contributed by atoms with van der Waals surface area (Å²) in [6, 6.07) is 15.4. The molecule has 0 saturated heterocycles. The number of nitrogens with one attached hydrogen (secondary N) is 1. The number of carbonyl (C=O) groups excluding carboxylic acids is 1. The summed E-state index contributed by atoms with van der Waals surface area (Å²) in [6.07, 6.45) is 4.34. The fraction of sp³-hybridized carbons (Fsp3) is 0.423. The van der Waals surface area contributed by atoms with Crippen molar-refractivity contribution in [3.63, 3.8) is 0 Å². The Morgan fingerprint density at radius 1 is 1.15 bits per heavy atom. The number of benzene rings is 2. The molecule has 0 radical (unpaired) electrons. The first-order chi connectivity index (χ1) is 15.6. The van der Waals surface area contributed by atoms with E-state index in [1.807, 2.05) is 61.5 Å². The quantitative estimate of drug-likeness (QED) is 0.187. The number of hydrogen-bond donors (Lipinski definition) is 2. The van der Waals surface area contributed by atoms with Gasteiger partial charge in [-0.3, -0.25) is 4.79 Å². The highest BCUT2D eigenvalue weighted by atomic mass is 16.5. The second kappa shape index (κ2) is 16.3. The molecule has 2 aromatic carbocycles. The van der Waals surface area contributed by atoms with E-state index in [2.05, 4.69) is 45.6 Å². The predicted octanol–water partition coefficient (Wildman–Crippen LogP) is 6.84. The molecule has 33 heavy (non-hydrogen) atoms.